The van der Waals surface area contributed by atoms with Crippen LogP contribution in [0.3, 0.4) is 0 Å². The Labute approximate surface area is 90.1 Å². The van der Waals surface area contributed by atoms with Gasteiger partial charge >= 0.3 is 5.97 Å². The summed E-state index contributed by atoms with van der Waals surface area (Å²) in [6.07, 6.45) is 1.37. The number of nitrogens with zero attached hydrogens (tertiary/aromatic N) is 1. The molecule has 0 amide bonds. The number of carboxylic acid groups (broad SMARTS) is 1. The lowest BCUT2D eigenvalue weighted by molar-refractivity contribution is -0.143. The van der Waals surface area contributed by atoms with Crippen molar-refractivity contribution in [1.82, 2.24) is 4.31 Å². The first kappa shape index (κ1) is 12.4. The summed E-state index contributed by atoms with van der Waals surface area (Å²) in [6, 6.07) is -0.921. The highest BCUT2D eigenvalue weighted by Gasteiger charge is 2.38. The predicted octanol–water partition coefficient (Wildman–Crippen LogP) is 0.521. The Morgan fingerprint density at radius 3 is 2.33 bits per heavy atom. The molecule has 0 spiro atoms. The van der Waals surface area contributed by atoms with Crippen LogP contribution in [0.25, 0.3) is 0 Å². The molecule has 0 aromatic carbocycles. The van der Waals surface area contributed by atoms with Crippen molar-refractivity contribution >= 4 is 16.0 Å². The maximum Gasteiger partial charge on any atom is 0.322 e. The van der Waals surface area contributed by atoms with Crippen LogP contribution < -0.4 is 0 Å². The smallest absolute Gasteiger partial charge is 0.322 e. The van der Waals surface area contributed by atoms with Gasteiger partial charge in [0, 0.05) is 6.54 Å². The Morgan fingerprint density at radius 1 is 1.33 bits per heavy atom. The predicted molar refractivity (Wildman–Crippen MR) is 56.0 cm³/mol. The van der Waals surface area contributed by atoms with Crippen LogP contribution in [0.5, 0.6) is 0 Å². The Morgan fingerprint density at radius 2 is 1.93 bits per heavy atom. The van der Waals surface area contributed by atoms with Crippen molar-refractivity contribution in [2.45, 2.75) is 32.7 Å². The summed E-state index contributed by atoms with van der Waals surface area (Å²) in [5.74, 6) is -1.20. The molecule has 0 aromatic heterocycles. The van der Waals surface area contributed by atoms with Gasteiger partial charge in [-0.2, -0.15) is 4.31 Å². The molecule has 1 fully saturated rings. The number of sulfonamides is 1. The molecule has 1 aliphatic rings. The highest BCUT2D eigenvalue weighted by molar-refractivity contribution is 7.89. The zero-order valence-electron chi connectivity index (χ0n) is 9.01. The topological polar surface area (TPSA) is 74.7 Å². The molecule has 5 nitrogen and oxygen atoms in total. The van der Waals surface area contributed by atoms with Crippen molar-refractivity contribution in [3.8, 4) is 0 Å². The second-order valence-electron chi connectivity index (χ2n) is 4.16. The number of carbonyl (C=O) groups is 1. The molecule has 1 aliphatic heterocycles. The first-order valence-electron chi connectivity index (χ1n) is 5.08. The van der Waals surface area contributed by atoms with E-state index in [1.165, 1.54) is 0 Å². The number of aliphatic carboxylic acids is 1. The van der Waals surface area contributed by atoms with Crippen molar-refractivity contribution in [2.24, 2.45) is 5.92 Å². The molecule has 1 rings (SSSR count). The van der Waals surface area contributed by atoms with Gasteiger partial charge in [0.15, 0.2) is 0 Å². The van der Waals surface area contributed by atoms with Gasteiger partial charge in [-0.05, 0) is 18.8 Å². The van der Waals surface area contributed by atoms with E-state index in [2.05, 4.69) is 0 Å². The third-order valence-electron chi connectivity index (χ3n) is 2.58. The van der Waals surface area contributed by atoms with Gasteiger partial charge in [0.25, 0.3) is 0 Å². The molecule has 1 saturated heterocycles. The van der Waals surface area contributed by atoms with Crippen LogP contribution in [0.2, 0.25) is 0 Å². The second kappa shape index (κ2) is 4.49. The molecular weight excluding hydrogens is 218 g/mol. The third kappa shape index (κ3) is 2.69. The van der Waals surface area contributed by atoms with E-state index in [9.17, 15) is 13.2 Å². The van der Waals surface area contributed by atoms with E-state index in [1.54, 1.807) is 13.8 Å². The molecule has 0 aromatic rings. The molecule has 0 radical (unpaired) electrons. The molecule has 1 heterocycles. The molecule has 1 unspecified atom stereocenters. The average Bonchev–Trinajstić information content (AvgIpc) is 2.06. The zero-order valence-corrected chi connectivity index (χ0v) is 9.83. The summed E-state index contributed by atoms with van der Waals surface area (Å²) >= 11 is 0. The Kier molecular flexibility index (Phi) is 3.72. The monoisotopic (exact) mass is 235 g/mol. The fourth-order valence-corrected chi connectivity index (χ4v) is 3.75. The van der Waals surface area contributed by atoms with Gasteiger partial charge in [0.05, 0.1) is 5.75 Å². The molecule has 0 aliphatic carbocycles. The summed E-state index contributed by atoms with van der Waals surface area (Å²) in [5.41, 5.74) is 0. The first-order chi connectivity index (χ1) is 6.86. The number of rotatable bonds is 3. The van der Waals surface area contributed by atoms with Gasteiger partial charge in [-0.15, -0.1) is 0 Å². The Balaban J connectivity index is 2.96. The van der Waals surface area contributed by atoms with Crippen molar-refractivity contribution in [3.63, 3.8) is 0 Å². The molecule has 1 N–H and O–H groups in total. The molecule has 88 valence electrons. The van der Waals surface area contributed by atoms with Gasteiger partial charge in [-0.1, -0.05) is 13.8 Å². The van der Waals surface area contributed by atoms with Crippen molar-refractivity contribution < 1.29 is 18.3 Å². The Hall–Kier alpha value is -0.620. The number of hydrogen-bond donors (Lipinski definition) is 1. The van der Waals surface area contributed by atoms with Gasteiger partial charge in [0.1, 0.15) is 6.04 Å². The minimum atomic E-state index is -3.36. The van der Waals surface area contributed by atoms with Crippen LogP contribution in [-0.4, -0.2) is 42.1 Å². The van der Waals surface area contributed by atoms with Crippen LogP contribution in [0, 0.1) is 5.92 Å². The van der Waals surface area contributed by atoms with Crippen molar-refractivity contribution in [2.75, 3.05) is 12.3 Å². The van der Waals surface area contributed by atoms with Crippen LogP contribution in [-0.2, 0) is 14.8 Å². The van der Waals surface area contributed by atoms with E-state index >= 15 is 0 Å². The molecule has 0 saturated carbocycles. The van der Waals surface area contributed by atoms with Crippen LogP contribution in [0.15, 0.2) is 0 Å². The molecular formula is C9H17NO4S. The van der Waals surface area contributed by atoms with Crippen molar-refractivity contribution in [1.29, 1.82) is 0 Å². The molecule has 1 atom stereocenters. The lowest BCUT2D eigenvalue weighted by atomic mass is 10.0. The minimum absolute atomic E-state index is 0.0729. The van der Waals surface area contributed by atoms with Gasteiger partial charge in [-0.25, -0.2) is 8.42 Å². The van der Waals surface area contributed by atoms with Crippen LogP contribution in [0.4, 0.5) is 0 Å². The maximum absolute atomic E-state index is 11.7. The maximum atomic E-state index is 11.7. The lowest BCUT2D eigenvalue weighted by Gasteiger charge is -2.33. The number of carboxylic acids is 1. The molecule has 0 bridgehead atoms. The van der Waals surface area contributed by atoms with Crippen LogP contribution >= 0.6 is 0 Å². The molecule has 15 heavy (non-hydrogen) atoms. The summed E-state index contributed by atoms with van der Waals surface area (Å²) in [5, 5.41) is 9.02. The van der Waals surface area contributed by atoms with Crippen molar-refractivity contribution in [3.05, 3.63) is 0 Å². The first-order valence-corrected chi connectivity index (χ1v) is 6.69. The minimum Gasteiger partial charge on any atom is -0.480 e. The Bertz CT molecular complexity index is 336. The third-order valence-corrected chi connectivity index (χ3v) is 4.51. The van der Waals surface area contributed by atoms with E-state index in [-0.39, 0.29) is 11.7 Å². The number of hydrogen-bond acceptors (Lipinski definition) is 3. The van der Waals surface area contributed by atoms with E-state index in [4.69, 9.17) is 5.11 Å². The van der Waals surface area contributed by atoms with E-state index < -0.39 is 22.0 Å². The largest absolute Gasteiger partial charge is 0.480 e. The summed E-state index contributed by atoms with van der Waals surface area (Å²) in [7, 11) is -3.36. The summed E-state index contributed by atoms with van der Waals surface area (Å²) in [6.45, 7) is 3.78. The quantitative estimate of drug-likeness (QED) is 0.774. The zero-order chi connectivity index (χ0) is 11.6. The van der Waals surface area contributed by atoms with Gasteiger partial charge < -0.3 is 5.11 Å². The summed E-state index contributed by atoms with van der Waals surface area (Å²) in [4.78, 5) is 11.0. The highest BCUT2D eigenvalue weighted by Crippen LogP contribution is 2.21. The standard InChI is InChI=1S/C9H17NO4S/c1-7(2)8(9(11)12)10-5-3-4-6-15(10,13)14/h7-8H,3-6H2,1-2H3,(H,11,12). The fraction of sp³-hybridized carbons (Fsp3) is 0.889. The van der Waals surface area contributed by atoms with E-state index in [1.807, 2.05) is 0 Å². The van der Waals surface area contributed by atoms with E-state index in [0.717, 1.165) is 10.7 Å². The SMILES string of the molecule is CC(C)C(C(=O)O)N1CCCCS1(=O)=O. The highest BCUT2D eigenvalue weighted by atomic mass is 32.2. The van der Waals surface area contributed by atoms with E-state index in [0.29, 0.717) is 13.0 Å². The van der Waals surface area contributed by atoms with Gasteiger partial charge in [-0.3, -0.25) is 4.79 Å². The lowest BCUT2D eigenvalue weighted by Crippen LogP contribution is -2.51. The molecule has 6 heteroatoms. The summed E-state index contributed by atoms with van der Waals surface area (Å²) < 4.78 is 24.5. The fourth-order valence-electron chi connectivity index (χ4n) is 1.86. The normalized spacial score (nSPS) is 23.9. The van der Waals surface area contributed by atoms with Gasteiger partial charge in [0.2, 0.25) is 10.0 Å². The average molecular weight is 235 g/mol. The second-order valence-corrected chi connectivity index (χ2v) is 6.20. The van der Waals surface area contributed by atoms with Crippen LogP contribution in [0.1, 0.15) is 26.7 Å².